The van der Waals surface area contributed by atoms with Crippen LogP contribution in [0, 0.1) is 0 Å². The lowest BCUT2D eigenvalue weighted by Crippen LogP contribution is -2.25. The number of anilines is 1. The number of rotatable bonds is 3. The van der Waals surface area contributed by atoms with Crippen LogP contribution in [0.4, 0.5) is 5.82 Å². The number of halogens is 1. The lowest BCUT2D eigenvalue weighted by Gasteiger charge is -2.09. The Balaban J connectivity index is 1.90. The summed E-state index contributed by atoms with van der Waals surface area (Å²) in [4.78, 5) is 21.2. The van der Waals surface area contributed by atoms with E-state index in [2.05, 4.69) is 20.9 Å². The minimum absolute atomic E-state index is 0.314. The molecule has 0 aliphatic heterocycles. The van der Waals surface area contributed by atoms with E-state index in [0.717, 1.165) is 26.8 Å². The molecule has 2 aromatic carbocycles. The van der Waals surface area contributed by atoms with Crippen molar-refractivity contribution < 1.29 is 0 Å². The van der Waals surface area contributed by atoms with E-state index in [0.29, 0.717) is 29.0 Å². The van der Waals surface area contributed by atoms with Crippen LogP contribution in [0.1, 0.15) is 6.92 Å². The molecule has 0 unspecified atom stereocenters. The van der Waals surface area contributed by atoms with Gasteiger partial charge < -0.3 is 5.73 Å². The second kappa shape index (κ2) is 7.07. The first-order chi connectivity index (χ1) is 14.6. The molecule has 30 heavy (non-hydrogen) atoms. The van der Waals surface area contributed by atoms with Crippen molar-refractivity contribution in [2.75, 3.05) is 5.73 Å². The molecule has 0 aliphatic rings. The molecule has 3 heterocycles. The van der Waals surface area contributed by atoms with E-state index in [1.165, 1.54) is 4.57 Å². The van der Waals surface area contributed by atoms with Crippen molar-refractivity contribution >= 4 is 43.8 Å². The van der Waals surface area contributed by atoms with Gasteiger partial charge in [-0.1, -0.05) is 46.3 Å². The highest BCUT2D eigenvalue weighted by molar-refractivity contribution is 9.10. The molecule has 0 saturated carbocycles. The second-order valence-corrected chi connectivity index (χ2v) is 7.77. The molecule has 8 heteroatoms. The fourth-order valence-electron chi connectivity index (χ4n) is 3.58. The third-order valence-electron chi connectivity index (χ3n) is 5.07. The van der Waals surface area contributed by atoms with Crippen LogP contribution in [0.3, 0.4) is 0 Å². The molecule has 2 N–H and O–H groups in total. The SMILES string of the molecule is CCn1c(N)c2cc3c(-c4ccc(Br)cc4)nn(-c4ccccc4)c3nc2nc1=O. The molecular weight excluding hydrogens is 444 g/mol. The number of hydrogen-bond acceptors (Lipinski definition) is 5. The van der Waals surface area contributed by atoms with Gasteiger partial charge >= 0.3 is 5.69 Å². The van der Waals surface area contributed by atoms with Crippen molar-refractivity contribution in [3.8, 4) is 16.9 Å². The summed E-state index contributed by atoms with van der Waals surface area (Å²) in [6.07, 6.45) is 0. The van der Waals surface area contributed by atoms with E-state index in [-0.39, 0.29) is 0 Å². The minimum atomic E-state index is -0.409. The number of aromatic nitrogens is 5. The van der Waals surface area contributed by atoms with Gasteiger partial charge in [-0.25, -0.2) is 14.5 Å². The highest BCUT2D eigenvalue weighted by Crippen LogP contribution is 2.32. The molecule has 0 bridgehead atoms. The van der Waals surface area contributed by atoms with Gasteiger partial charge in [-0.05, 0) is 37.3 Å². The van der Waals surface area contributed by atoms with Crippen LogP contribution >= 0.6 is 15.9 Å². The van der Waals surface area contributed by atoms with Crippen molar-refractivity contribution in [2.45, 2.75) is 13.5 Å². The second-order valence-electron chi connectivity index (χ2n) is 6.86. The summed E-state index contributed by atoms with van der Waals surface area (Å²) < 4.78 is 4.20. The lowest BCUT2D eigenvalue weighted by molar-refractivity contribution is 0.718. The zero-order chi connectivity index (χ0) is 20.8. The Morgan fingerprint density at radius 2 is 1.73 bits per heavy atom. The predicted molar refractivity (Wildman–Crippen MR) is 122 cm³/mol. The van der Waals surface area contributed by atoms with Crippen molar-refractivity contribution in [1.29, 1.82) is 0 Å². The number of nitrogens with two attached hydrogens (primary N) is 1. The molecule has 0 spiro atoms. The molecule has 0 saturated heterocycles. The predicted octanol–water partition coefficient (Wildman–Crippen LogP) is 4.16. The van der Waals surface area contributed by atoms with Crippen molar-refractivity contribution in [3.05, 3.63) is 75.6 Å². The largest absolute Gasteiger partial charge is 0.384 e. The molecule has 0 radical (unpaired) electrons. The molecular formula is C22H17BrN6O. The van der Waals surface area contributed by atoms with E-state index in [4.69, 9.17) is 15.8 Å². The standard InChI is InChI=1S/C22H17BrN6O/c1-2-28-19(24)17-12-16-18(13-8-10-14(23)11-9-13)27-29(15-6-4-3-5-7-15)21(16)25-20(17)26-22(28)30/h3-12H,2,24H2,1H3. The molecule has 0 fully saturated rings. The van der Waals surface area contributed by atoms with Gasteiger partial charge in [0.2, 0.25) is 0 Å². The van der Waals surface area contributed by atoms with Gasteiger partial charge in [-0.2, -0.15) is 10.1 Å². The maximum atomic E-state index is 12.3. The quantitative estimate of drug-likeness (QED) is 0.436. The number of nitrogen functional groups attached to an aromatic ring is 1. The van der Waals surface area contributed by atoms with E-state index in [1.54, 1.807) is 4.68 Å². The van der Waals surface area contributed by atoms with Gasteiger partial charge in [0, 0.05) is 22.0 Å². The van der Waals surface area contributed by atoms with Gasteiger partial charge in [0.05, 0.1) is 11.1 Å². The summed E-state index contributed by atoms with van der Waals surface area (Å²) in [5.74, 6) is 0.358. The van der Waals surface area contributed by atoms with Crippen LogP contribution in [-0.2, 0) is 6.54 Å². The van der Waals surface area contributed by atoms with Gasteiger partial charge in [0.1, 0.15) is 11.5 Å². The van der Waals surface area contributed by atoms with E-state index < -0.39 is 5.69 Å². The zero-order valence-electron chi connectivity index (χ0n) is 16.1. The average molecular weight is 461 g/mol. The molecule has 148 valence electrons. The van der Waals surface area contributed by atoms with E-state index in [1.807, 2.05) is 67.6 Å². The highest BCUT2D eigenvalue weighted by atomic mass is 79.9. The Morgan fingerprint density at radius 1 is 1.00 bits per heavy atom. The first-order valence-electron chi connectivity index (χ1n) is 9.48. The number of fused-ring (bicyclic) bond motifs is 2. The molecule has 5 aromatic rings. The summed E-state index contributed by atoms with van der Waals surface area (Å²) in [6, 6.07) is 19.6. The average Bonchev–Trinajstić information content (AvgIpc) is 3.12. The molecule has 7 nitrogen and oxygen atoms in total. The van der Waals surface area contributed by atoms with Crippen molar-refractivity contribution in [1.82, 2.24) is 24.3 Å². The van der Waals surface area contributed by atoms with Crippen LogP contribution in [0.25, 0.3) is 39.0 Å². The number of hydrogen-bond donors (Lipinski definition) is 1. The Labute approximate surface area is 179 Å². The normalized spacial score (nSPS) is 11.4. The Hall–Kier alpha value is -3.52. The fraction of sp³-hybridized carbons (Fsp3) is 0.0909. The van der Waals surface area contributed by atoms with Gasteiger partial charge in [0.15, 0.2) is 11.3 Å². The van der Waals surface area contributed by atoms with Crippen LogP contribution in [0.15, 0.2) is 69.9 Å². The molecule has 5 rings (SSSR count). The van der Waals surface area contributed by atoms with Crippen LogP contribution < -0.4 is 11.4 Å². The lowest BCUT2D eigenvalue weighted by atomic mass is 10.1. The summed E-state index contributed by atoms with van der Waals surface area (Å²) in [6.45, 7) is 2.30. The number of para-hydroxylation sites is 1. The van der Waals surface area contributed by atoms with Crippen LogP contribution in [0.2, 0.25) is 0 Å². The van der Waals surface area contributed by atoms with Gasteiger partial charge in [0.25, 0.3) is 0 Å². The summed E-state index contributed by atoms with van der Waals surface area (Å²) >= 11 is 3.48. The minimum Gasteiger partial charge on any atom is -0.384 e. The number of pyridine rings is 1. The van der Waals surface area contributed by atoms with E-state index >= 15 is 0 Å². The molecule has 0 amide bonds. The number of benzene rings is 2. The Bertz CT molecular complexity index is 1460. The molecule has 0 atom stereocenters. The van der Waals surface area contributed by atoms with Crippen LogP contribution in [0.5, 0.6) is 0 Å². The van der Waals surface area contributed by atoms with Crippen LogP contribution in [-0.4, -0.2) is 24.3 Å². The first-order valence-corrected chi connectivity index (χ1v) is 10.3. The highest BCUT2D eigenvalue weighted by Gasteiger charge is 2.18. The Morgan fingerprint density at radius 3 is 2.43 bits per heavy atom. The third kappa shape index (κ3) is 2.88. The maximum absolute atomic E-state index is 12.3. The van der Waals surface area contributed by atoms with Gasteiger partial charge in [-0.3, -0.25) is 4.57 Å². The Kier molecular flexibility index (Phi) is 4.36. The third-order valence-corrected chi connectivity index (χ3v) is 5.60. The molecule has 3 aromatic heterocycles. The summed E-state index contributed by atoms with van der Waals surface area (Å²) in [5, 5.41) is 6.33. The topological polar surface area (TPSA) is 91.6 Å². The van der Waals surface area contributed by atoms with E-state index in [9.17, 15) is 4.79 Å². The van der Waals surface area contributed by atoms with Crippen molar-refractivity contribution in [2.24, 2.45) is 0 Å². The molecule has 0 aliphatic carbocycles. The van der Waals surface area contributed by atoms with Gasteiger partial charge in [-0.15, -0.1) is 0 Å². The van der Waals surface area contributed by atoms with Crippen molar-refractivity contribution in [3.63, 3.8) is 0 Å². The zero-order valence-corrected chi connectivity index (χ0v) is 17.7. The first kappa shape index (κ1) is 18.5. The smallest absolute Gasteiger partial charge is 0.351 e. The summed E-state index contributed by atoms with van der Waals surface area (Å²) in [7, 11) is 0. The monoisotopic (exact) mass is 460 g/mol. The fourth-order valence-corrected chi connectivity index (χ4v) is 3.84. The number of nitrogens with zero attached hydrogens (tertiary/aromatic N) is 5. The summed E-state index contributed by atoms with van der Waals surface area (Å²) in [5.41, 5.74) is 9.42. The maximum Gasteiger partial charge on any atom is 0.351 e.